The SMILES string of the molecule is CC(CC(F)(F)F)NC(=O)CCc1ccc(N)cc1. The number of amides is 1. The maximum Gasteiger partial charge on any atom is 0.391 e. The van der Waals surface area contributed by atoms with Crippen molar-refractivity contribution in [2.45, 2.75) is 38.4 Å². The number of benzene rings is 1. The molecule has 19 heavy (non-hydrogen) atoms. The van der Waals surface area contributed by atoms with E-state index in [-0.39, 0.29) is 12.3 Å². The summed E-state index contributed by atoms with van der Waals surface area (Å²) < 4.78 is 36.2. The summed E-state index contributed by atoms with van der Waals surface area (Å²) in [5.74, 6) is -0.381. The average Bonchev–Trinajstić information content (AvgIpc) is 2.25. The summed E-state index contributed by atoms with van der Waals surface area (Å²) in [6.45, 7) is 1.34. The third-order valence-corrected chi connectivity index (χ3v) is 2.57. The van der Waals surface area contributed by atoms with Crippen LogP contribution < -0.4 is 11.1 Å². The summed E-state index contributed by atoms with van der Waals surface area (Å²) in [6.07, 6.45) is -4.64. The molecule has 1 amide bonds. The molecule has 106 valence electrons. The molecule has 0 bridgehead atoms. The van der Waals surface area contributed by atoms with E-state index in [2.05, 4.69) is 5.32 Å². The summed E-state index contributed by atoms with van der Waals surface area (Å²) in [6, 6.07) is 6.13. The topological polar surface area (TPSA) is 55.1 Å². The number of anilines is 1. The Kier molecular flexibility index (Phi) is 5.20. The number of nitrogen functional groups attached to an aromatic ring is 1. The molecule has 0 spiro atoms. The van der Waals surface area contributed by atoms with E-state index in [1.54, 1.807) is 24.3 Å². The molecule has 0 aliphatic carbocycles. The molecule has 0 aliphatic rings. The second-order valence-corrected chi connectivity index (χ2v) is 4.53. The highest BCUT2D eigenvalue weighted by molar-refractivity contribution is 5.76. The molecule has 0 fully saturated rings. The molecule has 0 saturated heterocycles. The number of aryl methyl sites for hydroxylation is 1. The number of rotatable bonds is 5. The molecule has 1 aromatic rings. The van der Waals surface area contributed by atoms with Crippen LogP contribution in [0.1, 0.15) is 25.3 Å². The predicted octanol–water partition coefficient (Wildman–Crippen LogP) is 2.66. The van der Waals surface area contributed by atoms with E-state index in [1.165, 1.54) is 6.92 Å². The third-order valence-electron chi connectivity index (χ3n) is 2.57. The normalized spacial score (nSPS) is 13.1. The standard InChI is InChI=1S/C13H17F3N2O/c1-9(8-13(14,15)16)18-12(19)7-4-10-2-5-11(17)6-3-10/h2-3,5-6,9H,4,7-8,17H2,1H3,(H,18,19). The highest BCUT2D eigenvalue weighted by Gasteiger charge is 2.30. The zero-order valence-corrected chi connectivity index (χ0v) is 10.6. The highest BCUT2D eigenvalue weighted by atomic mass is 19.4. The van der Waals surface area contributed by atoms with Crippen molar-refractivity contribution in [3.63, 3.8) is 0 Å². The van der Waals surface area contributed by atoms with Crippen LogP contribution >= 0.6 is 0 Å². The third kappa shape index (κ3) is 6.69. The van der Waals surface area contributed by atoms with Crippen molar-refractivity contribution in [1.29, 1.82) is 0 Å². The molecule has 1 rings (SSSR count). The number of nitrogens with one attached hydrogen (secondary N) is 1. The van der Waals surface area contributed by atoms with Gasteiger partial charge < -0.3 is 11.1 Å². The van der Waals surface area contributed by atoms with Crippen molar-refractivity contribution in [2.75, 3.05) is 5.73 Å². The van der Waals surface area contributed by atoms with Gasteiger partial charge >= 0.3 is 6.18 Å². The maximum atomic E-state index is 12.1. The Hall–Kier alpha value is -1.72. The van der Waals surface area contributed by atoms with Gasteiger partial charge in [-0.25, -0.2) is 0 Å². The van der Waals surface area contributed by atoms with Gasteiger partial charge in [-0.3, -0.25) is 4.79 Å². The van der Waals surface area contributed by atoms with Gasteiger partial charge in [0.15, 0.2) is 0 Å². The van der Waals surface area contributed by atoms with Crippen LogP contribution in [0.2, 0.25) is 0 Å². The largest absolute Gasteiger partial charge is 0.399 e. The van der Waals surface area contributed by atoms with Crippen LogP contribution in [0.15, 0.2) is 24.3 Å². The molecule has 0 aromatic heterocycles. The fraction of sp³-hybridized carbons (Fsp3) is 0.462. The molecule has 0 radical (unpaired) electrons. The number of carbonyl (C=O) groups excluding carboxylic acids is 1. The highest BCUT2D eigenvalue weighted by Crippen LogP contribution is 2.21. The number of hydrogen-bond donors (Lipinski definition) is 2. The van der Waals surface area contributed by atoms with Crippen LogP contribution in [-0.2, 0) is 11.2 Å². The number of nitrogens with two attached hydrogens (primary N) is 1. The van der Waals surface area contributed by atoms with Crippen LogP contribution in [0.25, 0.3) is 0 Å². The van der Waals surface area contributed by atoms with E-state index in [9.17, 15) is 18.0 Å². The molecule has 3 nitrogen and oxygen atoms in total. The van der Waals surface area contributed by atoms with Gasteiger partial charge in [0.2, 0.25) is 5.91 Å². The lowest BCUT2D eigenvalue weighted by molar-refractivity contribution is -0.141. The molecule has 1 unspecified atom stereocenters. The Balaban J connectivity index is 2.33. The van der Waals surface area contributed by atoms with Crippen molar-refractivity contribution in [3.05, 3.63) is 29.8 Å². The molecular formula is C13H17F3N2O. The number of halogens is 3. The summed E-state index contributed by atoms with van der Waals surface area (Å²) in [4.78, 5) is 11.5. The van der Waals surface area contributed by atoms with Crippen LogP contribution in [0.5, 0.6) is 0 Å². The quantitative estimate of drug-likeness (QED) is 0.811. The van der Waals surface area contributed by atoms with E-state index in [0.717, 1.165) is 5.56 Å². The Bertz CT molecular complexity index is 415. The smallest absolute Gasteiger partial charge is 0.391 e. The van der Waals surface area contributed by atoms with Gasteiger partial charge in [-0.2, -0.15) is 13.2 Å². The first-order valence-corrected chi connectivity index (χ1v) is 5.97. The first-order valence-electron chi connectivity index (χ1n) is 5.97. The van der Waals surface area contributed by atoms with E-state index in [1.807, 2.05) is 0 Å². The summed E-state index contributed by atoms with van der Waals surface area (Å²) in [7, 11) is 0. The number of hydrogen-bond acceptors (Lipinski definition) is 2. The van der Waals surface area contributed by atoms with E-state index in [0.29, 0.717) is 12.1 Å². The van der Waals surface area contributed by atoms with Crippen molar-refractivity contribution in [1.82, 2.24) is 5.32 Å². The second kappa shape index (κ2) is 6.45. The Labute approximate surface area is 110 Å². The van der Waals surface area contributed by atoms with Gasteiger partial charge in [-0.1, -0.05) is 12.1 Å². The Morgan fingerprint density at radius 2 is 1.89 bits per heavy atom. The first-order chi connectivity index (χ1) is 8.76. The minimum Gasteiger partial charge on any atom is -0.399 e. The van der Waals surface area contributed by atoms with Gasteiger partial charge in [-0.15, -0.1) is 0 Å². The molecule has 0 saturated carbocycles. The Morgan fingerprint density at radius 3 is 2.42 bits per heavy atom. The zero-order valence-electron chi connectivity index (χ0n) is 10.6. The van der Waals surface area contributed by atoms with Crippen molar-refractivity contribution in [2.24, 2.45) is 0 Å². The molecule has 6 heteroatoms. The van der Waals surface area contributed by atoms with Gasteiger partial charge in [0.05, 0.1) is 6.42 Å². The number of carbonyl (C=O) groups is 1. The average molecular weight is 274 g/mol. The Morgan fingerprint density at radius 1 is 1.32 bits per heavy atom. The molecule has 3 N–H and O–H groups in total. The molecule has 1 atom stereocenters. The van der Waals surface area contributed by atoms with E-state index in [4.69, 9.17) is 5.73 Å². The molecule has 0 heterocycles. The molecular weight excluding hydrogens is 257 g/mol. The fourth-order valence-electron chi connectivity index (χ4n) is 1.69. The summed E-state index contributed by atoms with van der Waals surface area (Å²) in [5.41, 5.74) is 7.08. The summed E-state index contributed by atoms with van der Waals surface area (Å²) in [5, 5.41) is 2.33. The summed E-state index contributed by atoms with van der Waals surface area (Å²) >= 11 is 0. The van der Waals surface area contributed by atoms with E-state index >= 15 is 0 Å². The van der Waals surface area contributed by atoms with Gasteiger partial charge in [-0.05, 0) is 31.0 Å². The monoisotopic (exact) mass is 274 g/mol. The fourth-order valence-corrected chi connectivity index (χ4v) is 1.69. The van der Waals surface area contributed by atoms with Crippen LogP contribution in [0.4, 0.5) is 18.9 Å². The van der Waals surface area contributed by atoms with Crippen molar-refractivity contribution in [3.8, 4) is 0 Å². The van der Waals surface area contributed by atoms with Gasteiger partial charge in [0, 0.05) is 18.2 Å². The van der Waals surface area contributed by atoms with Crippen LogP contribution in [-0.4, -0.2) is 18.1 Å². The minimum absolute atomic E-state index is 0.159. The lowest BCUT2D eigenvalue weighted by atomic mass is 10.1. The molecule has 1 aromatic carbocycles. The number of alkyl halides is 3. The predicted molar refractivity (Wildman–Crippen MR) is 67.5 cm³/mol. The van der Waals surface area contributed by atoms with Crippen LogP contribution in [0, 0.1) is 0 Å². The first kappa shape index (κ1) is 15.3. The second-order valence-electron chi connectivity index (χ2n) is 4.53. The van der Waals surface area contributed by atoms with Crippen LogP contribution in [0.3, 0.4) is 0 Å². The van der Waals surface area contributed by atoms with Crippen molar-refractivity contribution >= 4 is 11.6 Å². The zero-order chi connectivity index (χ0) is 14.5. The maximum absolute atomic E-state index is 12.1. The lowest BCUT2D eigenvalue weighted by Crippen LogP contribution is -2.36. The van der Waals surface area contributed by atoms with Crippen molar-refractivity contribution < 1.29 is 18.0 Å². The van der Waals surface area contributed by atoms with E-state index < -0.39 is 18.6 Å². The van der Waals surface area contributed by atoms with Gasteiger partial charge in [0.1, 0.15) is 0 Å². The van der Waals surface area contributed by atoms with Gasteiger partial charge in [0.25, 0.3) is 0 Å². The molecule has 0 aliphatic heterocycles. The lowest BCUT2D eigenvalue weighted by Gasteiger charge is -2.15. The minimum atomic E-state index is -4.26.